The monoisotopic (exact) mass is 391 g/mol. The standard InChI is InChI=1S/C21H21N5O3/c27-20(23-16-4-2-1-3-5-16)18-6-7-19(25-24-18)22-17-8-11-26(12-9-17)21(28)15-10-13-29-14-15/h1-7,10,13-14,17H,8-9,11-12H2,(H,22,25)(H,23,27). The summed E-state index contributed by atoms with van der Waals surface area (Å²) in [5.41, 5.74) is 1.53. The lowest BCUT2D eigenvalue weighted by atomic mass is 10.0. The number of piperidine rings is 1. The molecule has 148 valence electrons. The summed E-state index contributed by atoms with van der Waals surface area (Å²) in [6.07, 6.45) is 4.59. The molecule has 0 bridgehead atoms. The zero-order valence-electron chi connectivity index (χ0n) is 15.7. The molecule has 0 saturated carbocycles. The molecule has 1 aliphatic heterocycles. The smallest absolute Gasteiger partial charge is 0.276 e. The number of nitrogens with one attached hydrogen (secondary N) is 2. The third-order valence-corrected chi connectivity index (χ3v) is 4.83. The summed E-state index contributed by atoms with van der Waals surface area (Å²) in [5, 5.41) is 14.2. The van der Waals surface area contributed by atoms with Crippen LogP contribution < -0.4 is 10.6 Å². The minimum atomic E-state index is -0.304. The molecule has 8 nitrogen and oxygen atoms in total. The summed E-state index contributed by atoms with van der Waals surface area (Å²) in [6.45, 7) is 1.32. The van der Waals surface area contributed by atoms with Crippen molar-refractivity contribution in [3.05, 3.63) is 72.3 Å². The van der Waals surface area contributed by atoms with Crippen LogP contribution in [0.2, 0.25) is 0 Å². The van der Waals surface area contributed by atoms with Gasteiger partial charge in [0.1, 0.15) is 12.1 Å². The Morgan fingerprint density at radius 3 is 2.45 bits per heavy atom. The number of hydrogen-bond acceptors (Lipinski definition) is 6. The number of likely N-dealkylation sites (tertiary alicyclic amines) is 1. The number of furan rings is 1. The van der Waals surface area contributed by atoms with Crippen LogP contribution in [-0.4, -0.2) is 46.0 Å². The third kappa shape index (κ3) is 4.60. The van der Waals surface area contributed by atoms with Crippen LogP contribution in [0.15, 0.2) is 65.5 Å². The van der Waals surface area contributed by atoms with Gasteiger partial charge in [0.15, 0.2) is 5.69 Å². The van der Waals surface area contributed by atoms with Crippen LogP contribution in [-0.2, 0) is 0 Å². The zero-order chi connectivity index (χ0) is 20.1. The van der Waals surface area contributed by atoms with E-state index in [-0.39, 0.29) is 23.6 Å². The van der Waals surface area contributed by atoms with Crippen LogP contribution in [0.3, 0.4) is 0 Å². The fourth-order valence-corrected chi connectivity index (χ4v) is 3.25. The summed E-state index contributed by atoms with van der Waals surface area (Å²) in [4.78, 5) is 26.4. The van der Waals surface area contributed by atoms with Gasteiger partial charge in [-0.3, -0.25) is 9.59 Å². The molecular weight excluding hydrogens is 370 g/mol. The van der Waals surface area contributed by atoms with Crippen molar-refractivity contribution in [1.29, 1.82) is 0 Å². The number of benzene rings is 1. The van der Waals surface area contributed by atoms with Gasteiger partial charge in [-0.2, -0.15) is 0 Å². The average molecular weight is 391 g/mol. The highest BCUT2D eigenvalue weighted by atomic mass is 16.3. The van der Waals surface area contributed by atoms with E-state index in [1.807, 2.05) is 35.2 Å². The molecule has 0 atom stereocenters. The van der Waals surface area contributed by atoms with Crippen LogP contribution in [0.4, 0.5) is 11.5 Å². The molecule has 1 fully saturated rings. The van der Waals surface area contributed by atoms with Gasteiger partial charge in [0.2, 0.25) is 0 Å². The summed E-state index contributed by atoms with van der Waals surface area (Å²) in [7, 11) is 0. The number of amides is 2. The Hall–Kier alpha value is -3.68. The molecule has 4 rings (SSSR count). The fourth-order valence-electron chi connectivity index (χ4n) is 3.25. The van der Waals surface area contributed by atoms with Gasteiger partial charge in [0.05, 0.1) is 11.8 Å². The van der Waals surface area contributed by atoms with Gasteiger partial charge in [0, 0.05) is 24.8 Å². The average Bonchev–Trinajstić information content (AvgIpc) is 3.30. The number of nitrogens with zero attached hydrogens (tertiary/aromatic N) is 3. The van der Waals surface area contributed by atoms with Crippen molar-refractivity contribution in [1.82, 2.24) is 15.1 Å². The van der Waals surface area contributed by atoms with Gasteiger partial charge in [-0.05, 0) is 43.2 Å². The first-order chi connectivity index (χ1) is 14.2. The predicted octanol–water partition coefficient (Wildman–Crippen LogP) is 3.04. The largest absolute Gasteiger partial charge is 0.472 e. The number of rotatable bonds is 5. The second kappa shape index (κ2) is 8.55. The number of carbonyl (C=O) groups is 2. The highest BCUT2D eigenvalue weighted by molar-refractivity contribution is 6.02. The van der Waals surface area contributed by atoms with E-state index in [4.69, 9.17) is 4.42 Å². The number of carbonyl (C=O) groups excluding carboxylic acids is 2. The van der Waals surface area contributed by atoms with Gasteiger partial charge >= 0.3 is 0 Å². The van der Waals surface area contributed by atoms with E-state index in [9.17, 15) is 9.59 Å². The molecule has 8 heteroatoms. The number of hydrogen-bond donors (Lipinski definition) is 2. The molecule has 2 amide bonds. The van der Waals surface area contributed by atoms with E-state index in [0.717, 1.165) is 12.8 Å². The van der Waals surface area contributed by atoms with Gasteiger partial charge in [0.25, 0.3) is 11.8 Å². The highest BCUT2D eigenvalue weighted by Crippen LogP contribution is 2.17. The Bertz CT molecular complexity index is 950. The molecule has 1 saturated heterocycles. The number of aromatic nitrogens is 2. The van der Waals surface area contributed by atoms with E-state index >= 15 is 0 Å². The van der Waals surface area contributed by atoms with E-state index < -0.39 is 0 Å². The number of para-hydroxylation sites is 1. The lowest BCUT2D eigenvalue weighted by Crippen LogP contribution is -2.42. The Morgan fingerprint density at radius 1 is 1.00 bits per heavy atom. The quantitative estimate of drug-likeness (QED) is 0.693. The SMILES string of the molecule is O=C(Nc1ccccc1)c1ccc(NC2CCN(C(=O)c3ccoc3)CC2)nn1. The second-order valence-electron chi connectivity index (χ2n) is 6.85. The summed E-state index contributed by atoms with van der Waals surface area (Å²) in [5.74, 6) is 0.299. The van der Waals surface area contributed by atoms with Crippen molar-refractivity contribution in [2.75, 3.05) is 23.7 Å². The molecule has 1 aromatic carbocycles. The predicted molar refractivity (Wildman–Crippen MR) is 108 cm³/mol. The molecular formula is C21H21N5O3. The van der Waals surface area contributed by atoms with Crippen LogP contribution >= 0.6 is 0 Å². The third-order valence-electron chi connectivity index (χ3n) is 4.83. The van der Waals surface area contributed by atoms with Crippen molar-refractivity contribution in [3.63, 3.8) is 0 Å². The van der Waals surface area contributed by atoms with E-state index in [1.54, 1.807) is 18.2 Å². The van der Waals surface area contributed by atoms with E-state index in [2.05, 4.69) is 20.8 Å². The van der Waals surface area contributed by atoms with Gasteiger partial charge in [-0.1, -0.05) is 18.2 Å². The summed E-state index contributed by atoms with van der Waals surface area (Å²) < 4.78 is 4.98. The first kappa shape index (κ1) is 18.7. The first-order valence-corrected chi connectivity index (χ1v) is 9.47. The van der Waals surface area contributed by atoms with Gasteiger partial charge in [-0.25, -0.2) is 0 Å². The second-order valence-corrected chi connectivity index (χ2v) is 6.85. The lowest BCUT2D eigenvalue weighted by molar-refractivity contribution is 0.0717. The Labute approximate surface area is 167 Å². The number of anilines is 2. The Morgan fingerprint density at radius 2 is 1.79 bits per heavy atom. The van der Waals surface area contributed by atoms with E-state index in [1.165, 1.54) is 12.5 Å². The molecule has 3 heterocycles. The van der Waals surface area contributed by atoms with Crippen LogP contribution in [0.25, 0.3) is 0 Å². The first-order valence-electron chi connectivity index (χ1n) is 9.47. The fraction of sp³-hybridized carbons (Fsp3) is 0.238. The minimum absolute atomic E-state index is 0.00854. The van der Waals surface area contributed by atoms with Gasteiger partial charge in [-0.15, -0.1) is 10.2 Å². The molecule has 0 aliphatic carbocycles. The molecule has 2 aromatic heterocycles. The topological polar surface area (TPSA) is 100 Å². The zero-order valence-corrected chi connectivity index (χ0v) is 15.7. The van der Waals surface area contributed by atoms with Crippen molar-refractivity contribution >= 4 is 23.3 Å². The maximum atomic E-state index is 12.3. The maximum absolute atomic E-state index is 12.3. The molecule has 3 aromatic rings. The lowest BCUT2D eigenvalue weighted by Gasteiger charge is -2.32. The molecule has 1 aliphatic rings. The van der Waals surface area contributed by atoms with Crippen molar-refractivity contribution in [3.8, 4) is 0 Å². The Balaban J connectivity index is 1.28. The molecule has 29 heavy (non-hydrogen) atoms. The van der Waals surface area contributed by atoms with Gasteiger partial charge < -0.3 is 20.0 Å². The summed E-state index contributed by atoms with van der Waals surface area (Å²) >= 11 is 0. The normalized spacial score (nSPS) is 14.4. The molecule has 0 unspecified atom stereocenters. The van der Waals surface area contributed by atoms with Crippen LogP contribution in [0.5, 0.6) is 0 Å². The minimum Gasteiger partial charge on any atom is -0.472 e. The van der Waals surface area contributed by atoms with E-state index in [0.29, 0.717) is 30.2 Å². The molecule has 2 N–H and O–H groups in total. The molecule has 0 radical (unpaired) electrons. The maximum Gasteiger partial charge on any atom is 0.276 e. The van der Waals surface area contributed by atoms with Crippen LogP contribution in [0.1, 0.15) is 33.7 Å². The van der Waals surface area contributed by atoms with Crippen molar-refractivity contribution < 1.29 is 14.0 Å². The van der Waals surface area contributed by atoms with Crippen LogP contribution in [0, 0.1) is 0 Å². The van der Waals surface area contributed by atoms with Crippen molar-refractivity contribution in [2.45, 2.75) is 18.9 Å². The van der Waals surface area contributed by atoms with Crippen molar-refractivity contribution in [2.24, 2.45) is 0 Å². The highest BCUT2D eigenvalue weighted by Gasteiger charge is 2.24. The Kier molecular flexibility index (Phi) is 5.51. The summed E-state index contributed by atoms with van der Waals surface area (Å²) in [6, 6.07) is 14.5. The molecule has 0 spiro atoms.